The van der Waals surface area contributed by atoms with Crippen LogP contribution in [0.5, 0.6) is 0 Å². The number of H-pyrrole nitrogens is 1. The van der Waals surface area contributed by atoms with Crippen LogP contribution in [0.4, 0.5) is 4.79 Å². The lowest BCUT2D eigenvalue weighted by atomic mass is 10.1. The first-order valence-electron chi connectivity index (χ1n) is 7.78. The van der Waals surface area contributed by atoms with Crippen molar-refractivity contribution in [2.24, 2.45) is 0 Å². The van der Waals surface area contributed by atoms with E-state index in [-0.39, 0.29) is 24.2 Å². The third-order valence-electron chi connectivity index (χ3n) is 3.93. The van der Waals surface area contributed by atoms with Crippen molar-refractivity contribution in [3.63, 3.8) is 0 Å². The molecular weight excluding hydrogens is 324 g/mol. The van der Waals surface area contributed by atoms with E-state index in [0.29, 0.717) is 12.1 Å². The number of aromatic nitrogens is 1. The Morgan fingerprint density at radius 3 is 2.67 bits per heavy atom. The van der Waals surface area contributed by atoms with E-state index in [2.05, 4.69) is 32.0 Å². The van der Waals surface area contributed by atoms with E-state index in [1.807, 2.05) is 39.4 Å². The summed E-state index contributed by atoms with van der Waals surface area (Å²) in [5.41, 5.74) is 3.29. The first-order valence-corrected chi connectivity index (χ1v) is 8.72. The van der Waals surface area contributed by atoms with Crippen molar-refractivity contribution in [1.82, 2.24) is 20.5 Å². The van der Waals surface area contributed by atoms with Crippen LogP contribution in [0.15, 0.2) is 27.7 Å². The molecule has 0 spiro atoms. The molecule has 0 fully saturated rings. The van der Waals surface area contributed by atoms with Gasteiger partial charge < -0.3 is 20.5 Å². The van der Waals surface area contributed by atoms with Gasteiger partial charge in [-0.3, -0.25) is 4.79 Å². The summed E-state index contributed by atoms with van der Waals surface area (Å²) in [5, 5.41) is 9.74. The molecule has 0 saturated heterocycles. The molecule has 0 saturated carbocycles. The third kappa shape index (κ3) is 4.69. The van der Waals surface area contributed by atoms with Gasteiger partial charge in [0.2, 0.25) is 0 Å². The molecule has 0 unspecified atom stereocenters. The summed E-state index contributed by atoms with van der Waals surface area (Å²) in [6.07, 6.45) is 0. The summed E-state index contributed by atoms with van der Waals surface area (Å²) >= 11 is 1.64. The lowest BCUT2D eigenvalue weighted by Gasteiger charge is -2.24. The Balaban J connectivity index is 1.91. The predicted octanol–water partition coefficient (Wildman–Crippen LogP) is 2.16. The highest BCUT2D eigenvalue weighted by Crippen LogP contribution is 2.19. The molecule has 0 radical (unpaired) electrons. The minimum atomic E-state index is -0.281. The van der Waals surface area contributed by atoms with E-state index < -0.39 is 0 Å². The topological polar surface area (TPSA) is 77.2 Å². The van der Waals surface area contributed by atoms with Gasteiger partial charge in [0, 0.05) is 17.8 Å². The highest BCUT2D eigenvalue weighted by atomic mass is 32.1. The second-order valence-corrected chi connectivity index (χ2v) is 6.82. The molecule has 0 aliphatic rings. The zero-order valence-electron chi connectivity index (χ0n) is 14.5. The molecular formula is C17H24N4O2S. The van der Waals surface area contributed by atoms with Gasteiger partial charge in [0.15, 0.2) is 0 Å². The molecule has 2 aromatic heterocycles. The highest BCUT2D eigenvalue weighted by Gasteiger charge is 2.15. The van der Waals surface area contributed by atoms with Crippen LogP contribution in [0.25, 0.3) is 0 Å². The molecule has 2 heterocycles. The zero-order valence-corrected chi connectivity index (χ0v) is 15.3. The number of urea groups is 1. The van der Waals surface area contributed by atoms with Crippen molar-refractivity contribution < 1.29 is 4.79 Å². The number of rotatable bonds is 6. The second kappa shape index (κ2) is 8.12. The molecule has 6 nitrogen and oxygen atoms in total. The number of thiophene rings is 1. The number of hydrogen-bond donors (Lipinski definition) is 3. The van der Waals surface area contributed by atoms with Crippen molar-refractivity contribution in [3.05, 3.63) is 55.6 Å². The smallest absolute Gasteiger partial charge is 0.315 e. The first-order chi connectivity index (χ1) is 11.4. The number of hydrogen-bond acceptors (Lipinski definition) is 4. The van der Waals surface area contributed by atoms with Crippen LogP contribution in [0.3, 0.4) is 0 Å². The average Bonchev–Trinajstić information content (AvgIpc) is 3.00. The SMILES string of the molecule is Cc1cc(C)c(CNC(=O)NC[C@@H](c2ccsc2)N(C)C)c(=O)[nH]1. The Labute approximate surface area is 145 Å². The lowest BCUT2D eigenvalue weighted by Crippen LogP contribution is -2.40. The fourth-order valence-corrected chi connectivity index (χ4v) is 3.29. The van der Waals surface area contributed by atoms with Crippen LogP contribution >= 0.6 is 11.3 Å². The van der Waals surface area contributed by atoms with Gasteiger partial charge in [0.25, 0.3) is 5.56 Å². The van der Waals surface area contributed by atoms with Crippen molar-refractivity contribution in [1.29, 1.82) is 0 Å². The Hall–Kier alpha value is -2.12. The molecule has 130 valence electrons. The van der Waals surface area contributed by atoms with E-state index in [0.717, 1.165) is 11.3 Å². The van der Waals surface area contributed by atoms with Crippen LogP contribution in [-0.4, -0.2) is 36.6 Å². The first kappa shape index (κ1) is 18.2. The standard InChI is InChI=1S/C17H24N4O2S/c1-11-7-12(2)20-16(22)14(11)8-18-17(23)19-9-15(21(3)4)13-5-6-24-10-13/h5-7,10,15H,8-9H2,1-4H3,(H,20,22)(H2,18,19,23)/t15-/m0/s1. The third-order valence-corrected chi connectivity index (χ3v) is 4.63. The maximum absolute atomic E-state index is 12.1. The van der Waals surface area contributed by atoms with Crippen LogP contribution in [0.2, 0.25) is 0 Å². The van der Waals surface area contributed by atoms with Gasteiger partial charge in [0.1, 0.15) is 0 Å². The van der Waals surface area contributed by atoms with E-state index >= 15 is 0 Å². The normalized spacial score (nSPS) is 12.2. The summed E-state index contributed by atoms with van der Waals surface area (Å²) in [6.45, 7) is 4.41. The number of aryl methyl sites for hydroxylation is 2. The van der Waals surface area contributed by atoms with E-state index in [4.69, 9.17) is 0 Å². The Morgan fingerprint density at radius 2 is 2.08 bits per heavy atom. The monoisotopic (exact) mass is 348 g/mol. The summed E-state index contributed by atoms with van der Waals surface area (Å²) in [4.78, 5) is 28.8. The largest absolute Gasteiger partial charge is 0.336 e. The number of amides is 2. The Bertz CT molecular complexity index is 738. The lowest BCUT2D eigenvalue weighted by molar-refractivity contribution is 0.232. The summed E-state index contributed by atoms with van der Waals surface area (Å²) in [5.74, 6) is 0. The molecule has 1 atom stereocenters. The fraction of sp³-hybridized carbons (Fsp3) is 0.412. The van der Waals surface area contributed by atoms with E-state index in [1.165, 1.54) is 5.56 Å². The number of pyridine rings is 1. The van der Waals surface area contributed by atoms with Crippen molar-refractivity contribution in [2.45, 2.75) is 26.4 Å². The summed E-state index contributed by atoms with van der Waals surface area (Å²) in [7, 11) is 3.97. The molecule has 3 N–H and O–H groups in total. The molecule has 0 bridgehead atoms. The second-order valence-electron chi connectivity index (χ2n) is 6.04. The fourth-order valence-electron chi connectivity index (χ4n) is 2.58. The van der Waals surface area contributed by atoms with Gasteiger partial charge in [-0.1, -0.05) is 0 Å². The van der Waals surface area contributed by atoms with Crippen molar-refractivity contribution in [2.75, 3.05) is 20.6 Å². The number of aromatic amines is 1. The number of nitrogens with zero attached hydrogens (tertiary/aromatic N) is 1. The minimum Gasteiger partial charge on any atom is -0.336 e. The zero-order chi connectivity index (χ0) is 17.7. The predicted molar refractivity (Wildman–Crippen MR) is 97.5 cm³/mol. The Morgan fingerprint density at radius 1 is 1.33 bits per heavy atom. The van der Waals surface area contributed by atoms with Gasteiger partial charge >= 0.3 is 6.03 Å². The van der Waals surface area contributed by atoms with Crippen molar-refractivity contribution in [3.8, 4) is 0 Å². The molecule has 7 heteroatoms. The minimum absolute atomic E-state index is 0.117. The van der Waals surface area contributed by atoms with Gasteiger partial charge in [-0.25, -0.2) is 4.79 Å². The van der Waals surface area contributed by atoms with Crippen LogP contribution in [0.1, 0.15) is 28.4 Å². The summed E-state index contributed by atoms with van der Waals surface area (Å²) in [6, 6.07) is 3.79. The number of carbonyl (C=O) groups is 1. The number of likely N-dealkylation sites (N-methyl/N-ethyl adjacent to an activating group) is 1. The van der Waals surface area contributed by atoms with Crippen LogP contribution < -0.4 is 16.2 Å². The van der Waals surface area contributed by atoms with Gasteiger partial charge in [0.05, 0.1) is 12.6 Å². The number of nitrogens with one attached hydrogen (secondary N) is 3. The maximum Gasteiger partial charge on any atom is 0.315 e. The molecule has 0 aliphatic carbocycles. The summed E-state index contributed by atoms with van der Waals surface area (Å²) < 4.78 is 0. The van der Waals surface area contributed by atoms with Gasteiger partial charge in [-0.2, -0.15) is 11.3 Å². The van der Waals surface area contributed by atoms with E-state index in [1.54, 1.807) is 11.3 Å². The van der Waals surface area contributed by atoms with Crippen LogP contribution in [-0.2, 0) is 6.54 Å². The van der Waals surface area contributed by atoms with E-state index in [9.17, 15) is 9.59 Å². The van der Waals surface area contributed by atoms with Gasteiger partial charge in [-0.05, 0) is 62.0 Å². The maximum atomic E-state index is 12.1. The van der Waals surface area contributed by atoms with Gasteiger partial charge in [-0.15, -0.1) is 0 Å². The molecule has 2 rings (SSSR count). The molecule has 24 heavy (non-hydrogen) atoms. The molecule has 0 aliphatic heterocycles. The molecule has 0 aromatic carbocycles. The van der Waals surface area contributed by atoms with Crippen LogP contribution in [0, 0.1) is 13.8 Å². The quantitative estimate of drug-likeness (QED) is 0.749. The molecule has 2 aromatic rings. The molecule has 2 amide bonds. The highest BCUT2D eigenvalue weighted by molar-refractivity contribution is 7.07. The Kier molecular flexibility index (Phi) is 6.16. The number of carbonyl (C=O) groups excluding carboxylic acids is 1. The van der Waals surface area contributed by atoms with Crippen molar-refractivity contribution >= 4 is 17.4 Å². The average molecular weight is 348 g/mol.